The first-order valence-electron chi connectivity index (χ1n) is 8.97. The van der Waals surface area contributed by atoms with Gasteiger partial charge in [-0.15, -0.1) is 0 Å². The van der Waals surface area contributed by atoms with Crippen molar-refractivity contribution >= 4 is 15.7 Å². The van der Waals surface area contributed by atoms with E-state index in [9.17, 15) is 12.8 Å². The van der Waals surface area contributed by atoms with Gasteiger partial charge in [-0.05, 0) is 31.9 Å². The number of rotatable bonds is 3. The van der Waals surface area contributed by atoms with E-state index >= 15 is 0 Å². The Labute approximate surface area is 153 Å². The van der Waals surface area contributed by atoms with Crippen molar-refractivity contribution in [2.45, 2.75) is 45.4 Å². The van der Waals surface area contributed by atoms with Crippen LogP contribution in [-0.4, -0.2) is 40.6 Å². The van der Waals surface area contributed by atoms with Crippen molar-refractivity contribution in [3.8, 4) is 0 Å². The standard InChI is InChI=1S/C18H23FN4O2S/c1-14-3-2-10-26(24,25)23(14)12-15-4-5-16(11-17(15)19)22-9-8-21-7-6-20-18(21)13-22/h4-7,11,14H,2-3,8-10,12-13H2,1H3. The number of halogens is 1. The predicted octanol–water partition coefficient (Wildman–Crippen LogP) is 2.36. The van der Waals surface area contributed by atoms with Crippen LogP contribution in [0.4, 0.5) is 10.1 Å². The highest BCUT2D eigenvalue weighted by Gasteiger charge is 2.32. The molecule has 2 aromatic rings. The Bertz CT molecular complexity index is 912. The molecule has 0 saturated carbocycles. The van der Waals surface area contributed by atoms with Gasteiger partial charge in [-0.25, -0.2) is 17.8 Å². The van der Waals surface area contributed by atoms with Crippen LogP contribution < -0.4 is 4.90 Å². The highest BCUT2D eigenvalue weighted by Crippen LogP contribution is 2.27. The van der Waals surface area contributed by atoms with Crippen molar-refractivity contribution in [1.82, 2.24) is 13.9 Å². The first kappa shape index (κ1) is 17.5. The monoisotopic (exact) mass is 378 g/mol. The SMILES string of the molecule is CC1CCCS(=O)(=O)N1Cc1ccc(N2CCn3ccnc3C2)cc1F. The summed E-state index contributed by atoms with van der Waals surface area (Å²) in [4.78, 5) is 6.42. The Kier molecular flexibility index (Phi) is 4.48. The van der Waals surface area contributed by atoms with E-state index in [0.717, 1.165) is 31.0 Å². The van der Waals surface area contributed by atoms with Gasteiger partial charge in [0.1, 0.15) is 11.6 Å². The van der Waals surface area contributed by atoms with E-state index in [1.807, 2.05) is 19.2 Å². The average molecular weight is 378 g/mol. The molecule has 1 atom stereocenters. The fraction of sp³-hybridized carbons (Fsp3) is 0.500. The molecule has 3 heterocycles. The summed E-state index contributed by atoms with van der Waals surface area (Å²) in [7, 11) is -3.30. The van der Waals surface area contributed by atoms with E-state index in [1.165, 1.54) is 10.4 Å². The molecule has 140 valence electrons. The van der Waals surface area contributed by atoms with Crippen molar-refractivity contribution in [2.24, 2.45) is 0 Å². The first-order chi connectivity index (χ1) is 12.4. The maximum atomic E-state index is 14.7. The minimum atomic E-state index is -3.30. The molecule has 0 bridgehead atoms. The molecule has 26 heavy (non-hydrogen) atoms. The van der Waals surface area contributed by atoms with Crippen LogP contribution in [0.5, 0.6) is 0 Å². The van der Waals surface area contributed by atoms with Crippen molar-refractivity contribution in [2.75, 3.05) is 17.2 Å². The molecule has 0 amide bonds. The lowest BCUT2D eigenvalue weighted by atomic mass is 10.1. The average Bonchev–Trinajstić information content (AvgIpc) is 3.06. The second-order valence-corrected chi connectivity index (χ2v) is 9.13. The van der Waals surface area contributed by atoms with Crippen molar-refractivity contribution < 1.29 is 12.8 Å². The third-order valence-electron chi connectivity index (χ3n) is 5.35. The molecule has 0 radical (unpaired) electrons. The maximum absolute atomic E-state index is 14.7. The minimum absolute atomic E-state index is 0.0891. The lowest BCUT2D eigenvalue weighted by molar-refractivity contribution is 0.293. The number of fused-ring (bicyclic) bond motifs is 1. The van der Waals surface area contributed by atoms with E-state index < -0.39 is 10.0 Å². The zero-order valence-corrected chi connectivity index (χ0v) is 15.6. The molecular weight excluding hydrogens is 355 g/mol. The molecule has 0 N–H and O–H groups in total. The summed E-state index contributed by atoms with van der Waals surface area (Å²) in [5.74, 6) is 0.760. The summed E-state index contributed by atoms with van der Waals surface area (Å²) in [6.07, 6.45) is 5.23. The normalized spacial score (nSPS) is 23.0. The van der Waals surface area contributed by atoms with Crippen molar-refractivity contribution in [1.29, 1.82) is 0 Å². The summed E-state index contributed by atoms with van der Waals surface area (Å²) < 4.78 is 42.8. The second kappa shape index (κ2) is 6.66. The molecule has 2 aliphatic heterocycles. The molecule has 2 aliphatic rings. The molecule has 4 rings (SSSR count). The number of aromatic nitrogens is 2. The summed E-state index contributed by atoms with van der Waals surface area (Å²) in [6, 6.07) is 5.00. The molecule has 0 aliphatic carbocycles. The smallest absolute Gasteiger partial charge is 0.214 e. The molecule has 1 saturated heterocycles. The summed E-state index contributed by atoms with van der Waals surface area (Å²) in [5, 5.41) is 0. The van der Waals surface area contributed by atoms with Gasteiger partial charge in [0.15, 0.2) is 0 Å². The number of imidazole rings is 1. The maximum Gasteiger partial charge on any atom is 0.214 e. The summed E-state index contributed by atoms with van der Waals surface area (Å²) in [6.45, 7) is 4.24. The van der Waals surface area contributed by atoms with Crippen LogP contribution >= 0.6 is 0 Å². The Morgan fingerprint density at radius 1 is 1.31 bits per heavy atom. The van der Waals surface area contributed by atoms with Gasteiger partial charge in [0, 0.05) is 49.3 Å². The van der Waals surface area contributed by atoms with E-state index in [0.29, 0.717) is 18.5 Å². The van der Waals surface area contributed by atoms with Crippen LogP contribution in [0.1, 0.15) is 31.2 Å². The highest BCUT2D eigenvalue weighted by molar-refractivity contribution is 7.89. The topological polar surface area (TPSA) is 58.4 Å². The van der Waals surface area contributed by atoms with Crippen LogP contribution in [0.3, 0.4) is 0 Å². The number of hydrogen-bond donors (Lipinski definition) is 0. The van der Waals surface area contributed by atoms with Crippen LogP contribution in [0, 0.1) is 5.82 Å². The van der Waals surface area contributed by atoms with Gasteiger partial charge >= 0.3 is 0 Å². The zero-order valence-electron chi connectivity index (χ0n) is 14.8. The Balaban J connectivity index is 1.53. The Hall–Kier alpha value is -1.93. The number of hydrogen-bond acceptors (Lipinski definition) is 4. The van der Waals surface area contributed by atoms with E-state index in [2.05, 4.69) is 14.5 Å². The molecular formula is C18H23FN4O2S. The molecule has 1 fully saturated rings. The van der Waals surface area contributed by atoms with Crippen LogP contribution in [-0.2, 0) is 29.7 Å². The number of benzene rings is 1. The Morgan fingerprint density at radius 3 is 2.92 bits per heavy atom. The molecule has 1 aromatic heterocycles. The van der Waals surface area contributed by atoms with Crippen LogP contribution in [0.2, 0.25) is 0 Å². The first-order valence-corrected chi connectivity index (χ1v) is 10.6. The van der Waals surface area contributed by atoms with Gasteiger partial charge in [-0.1, -0.05) is 6.07 Å². The summed E-state index contributed by atoms with van der Waals surface area (Å²) >= 11 is 0. The quantitative estimate of drug-likeness (QED) is 0.823. The van der Waals surface area contributed by atoms with Crippen LogP contribution in [0.15, 0.2) is 30.6 Å². The number of nitrogens with zero attached hydrogens (tertiary/aromatic N) is 4. The van der Waals surface area contributed by atoms with E-state index in [-0.39, 0.29) is 24.2 Å². The van der Waals surface area contributed by atoms with Crippen molar-refractivity contribution in [3.05, 3.63) is 47.8 Å². The van der Waals surface area contributed by atoms with Crippen LogP contribution in [0.25, 0.3) is 0 Å². The van der Waals surface area contributed by atoms with Gasteiger partial charge in [0.25, 0.3) is 0 Å². The zero-order chi connectivity index (χ0) is 18.3. The Morgan fingerprint density at radius 2 is 2.15 bits per heavy atom. The van der Waals surface area contributed by atoms with E-state index in [4.69, 9.17) is 0 Å². The van der Waals surface area contributed by atoms with E-state index in [1.54, 1.807) is 12.3 Å². The second-order valence-electron chi connectivity index (χ2n) is 7.09. The third-order valence-corrected chi connectivity index (χ3v) is 7.35. The van der Waals surface area contributed by atoms with Gasteiger partial charge in [-0.3, -0.25) is 0 Å². The molecule has 6 nitrogen and oxygen atoms in total. The third kappa shape index (κ3) is 3.23. The van der Waals surface area contributed by atoms with Gasteiger partial charge in [0.2, 0.25) is 10.0 Å². The molecule has 1 unspecified atom stereocenters. The minimum Gasteiger partial charge on any atom is -0.362 e. The van der Waals surface area contributed by atoms with Gasteiger partial charge in [0.05, 0.1) is 12.3 Å². The molecule has 8 heteroatoms. The van der Waals surface area contributed by atoms with Gasteiger partial charge in [-0.2, -0.15) is 4.31 Å². The molecule has 1 aromatic carbocycles. The molecule has 0 spiro atoms. The predicted molar refractivity (Wildman–Crippen MR) is 97.7 cm³/mol. The lowest BCUT2D eigenvalue weighted by Gasteiger charge is -2.33. The number of anilines is 1. The lowest BCUT2D eigenvalue weighted by Crippen LogP contribution is -2.43. The number of sulfonamides is 1. The van der Waals surface area contributed by atoms with Gasteiger partial charge < -0.3 is 9.47 Å². The highest BCUT2D eigenvalue weighted by atomic mass is 32.2. The fourth-order valence-electron chi connectivity index (χ4n) is 3.77. The van der Waals surface area contributed by atoms with Crippen molar-refractivity contribution in [3.63, 3.8) is 0 Å². The largest absolute Gasteiger partial charge is 0.362 e. The summed E-state index contributed by atoms with van der Waals surface area (Å²) in [5.41, 5.74) is 1.22. The fourth-order valence-corrected chi connectivity index (χ4v) is 5.53.